The zero-order valence-electron chi connectivity index (χ0n) is 13.3. The predicted octanol–water partition coefficient (Wildman–Crippen LogP) is 3.72. The highest BCUT2D eigenvalue weighted by Crippen LogP contribution is 2.25. The number of rotatable bonds is 7. The van der Waals surface area contributed by atoms with E-state index in [1.54, 1.807) is 14.2 Å². The Kier molecular flexibility index (Phi) is 6.47. The first-order valence-electron chi connectivity index (χ1n) is 7.34. The average Bonchev–Trinajstić information content (AvgIpc) is 2.57. The summed E-state index contributed by atoms with van der Waals surface area (Å²) in [7, 11) is 3.24. The maximum atomic E-state index is 12.0. The number of hydrogen-bond acceptors (Lipinski definition) is 3. The van der Waals surface area contributed by atoms with Crippen LogP contribution in [0.15, 0.2) is 46.9 Å². The van der Waals surface area contributed by atoms with Crippen molar-refractivity contribution in [3.8, 4) is 11.5 Å². The van der Waals surface area contributed by atoms with E-state index in [2.05, 4.69) is 21.2 Å². The summed E-state index contributed by atoms with van der Waals surface area (Å²) in [4.78, 5) is 12.0. The van der Waals surface area contributed by atoms with Crippen molar-refractivity contribution in [2.45, 2.75) is 19.4 Å². The number of nitrogens with one attached hydrogen (secondary N) is 1. The van der Waals surface area contributed by atoms with Crippen molar-refractivity contribution in [2.24, 2.45) is 0 Å². The highest BCUT2D eigenvalue weighted by atomic mass is 79.9. The van der Waals surface area contributed by atoms with Crippen LogP contribution in [-0.4, -0.2) is 20.1 Å². The summed E-state index contributed by atoms with van der Waals surface area (Å²) in [5, 5.41) is 2.93. The molecule has 2 aromatic rings. The molecule has 1 N–H and O–H groups in total. The highest BCUT2D eigenvalue weighted by Gasteiger charge is 2.08. The molecule has 0 aliphatic heterocycles. The Morgan fingerprint density at radius 1 is 1.13 bits per heavy atom. The molecule has 0 saturated heterocycles. The van der Waals surface area contributed by atoms with E-state index in [0.717, 1.165) is 27.1 Å². The summed E-state index contributed by atoms with van der Waals surface area (Å²) in [5.41, 5.74) is 2.02. The van der Waals surface area contributed by atoms with Crippen molar-refractivity contribution in [3.63, 3.8) is 0 Å². The van der Waals surface area contributed by atoms with E-state index in [1.807, 2.05) is 42.5 Å². The van der Waals surface area contributed by atoms with Crippen LogP contribution in [0.4, 0.5) is 0 Å². The predicted molar refractivity (Wildman–Crippen MR) is 93.9 cm³/mol. The van der Waals surface area contributed by atoms with Crippen molar-refractivity contribution in [2.75, 3.05) is 14.2 Å². The molecule has 1 amide bonds. The maximum Gasteiger partial charge on any atom is 0.220 e. The molecule has 0 heterocycles. The number of benzene rings is 2. The Hall–Kier alpha value is -2.01. The van der Waals surface area contributed by atoms with E-state index in [9.17, 15) is 4.79 Å². The summed E-state index contributed by atoms with van der Waals surface area (Å²) < 4.78 is 11.5. The number of amides is 1. The third kappa shape index (κ3) is 5.28. The number of ether oxygens (including phenoxy) is 2. The van der Waals surface area contributed by atoms with Crippen LogP contribution in [0.25, 0.3) is 0 Å². The van der Waals surface area contributed by atoms with Gasteiger partial charge < -0.3 is 14.8 Å². The largest absolute Gasteiger partial charge is 0.497 e. The SMILES string of the molecule is COc1ccc(OC)c(CCC(=O)NCc2cccc(Br)c2)c1. The molecule has 0 aliphatic carbocycles. The second kappa shape index (κ2) is 8.58. The van der Waals surface area contributed by atoms with Gasteiger partial charge in [0.1, 0.15) is 11.5 Å². The Labute approximate surface area is 144 Å². The van der Waals surface area contributed by atoms with Gasteiger partial charge in [-0.15, -0.1) is 0 Å². The fourth-order valence-corrected chi connectivity index (χ4v) is 2.71. The Bertz CT molecular complexity index is 673. The minimum atomic E-state index is 0.00912. The molecule has 0 fully saturated rings. The van der Waals surface area contributed by atoms with Gasteiger partial charge in [0.15, 0.2) is 0 Å². The molecular weight excluding hydrogens is 358 g/mol. The molecule has 0 aliphatic rings. The molecule has 2 aromatic carbocycles. The number of carbonyl (C=O) groups is 1. The normalized spacial score (nSPS) is 10.2. The van der Waals surface area contributed by atoms with Gasteiger partial charge in [0.05, 0.1) is 14.2 Å². The molecule has 0 aromatic heterocycles. The van der Waals surface area contributed by atoms with Gasteiger partial charge in [-0.05, 0) is 47.9 Å². The van der Waals surface area contributed by atoms with E-state index in [1.165, 1.54) is 0 Å². The van der Waals surface area contributed by atoms with E-state index in [-0.39, 0.29) is 5.91 Å². The van der Waals surface area contributed by atoms with Gasteiger partial charge in [-0.25, -0.2) is 0 Å². The van der Waals surface area contributed by atoms with Gasteiger partial charge >= 0.3 is 0 Å². The van der Waals surface area contributed by atoms with Crippen LogP contribution in [0.5, 0.6) is 11.5 Å². The molecule has 5 heteroatoms. The molecule has 0 spiro atoms. The Morgan fingerprint density at radius 2 is 1.96 bits per heavy atom. The van der Waals surface area contributed by atoms with Gasteiger partial charge in [-0.3, -0.25) is 4.79 Å². The lowest BCUT2D eigenvalue weighted by Crippen LogP contribution is -2.23. The van der Waals surface area contributed by atoms with Gasteiger partial charge in [-0.2, -0.15) is 0 Å². The first-order valence-corrected chi connectivity index (χ1v) is 8.13. The fourth-order valence-electron chi connectivity index (χ4n) is 2.26. The van der Waals surface area contributed by atoms with E-state index in [0.29, 0.717) is 19.4 Å². The van der Waals surface area contributed by atoms with Crippen LogP contribution in [0.1, 0.15) is 17.5 Å². The molecule has 0 saturated carbocycles. The summed E-state index contributed by atoms with van der Waals surface area (Å²) >= 11 is 3.42. The quantitative estimate of drug-likeness (QED) is 0.799. The van der Waals surface area contributed by atoms with Crippen LogP contribution >= 0.6 is 15.9 Å². The van der Waals surface area contributed by atoms with Gasteiger partial charge in [0.25, 0.3) is 0 Å². The topological polar surface area (TPSA) is 47.6 Å². The second-order valence-electron chi connectivity index (χ2n) is 5.08. The molecule has 0 atom stereocenters. The van der Waals surface area contributed by atoms with E-state index >= 15 is 0 Å². The summed E-state index contributed by atoms with van der Waals surface area (Å²) in [6.45, 7) is 0.521. The van der Waals surface area contributed by atoms with Crippen LogP contribution in [-0.2, 0) is 17.8 Å². The summed E-state index contributed by atoms with van der Waals surface area (Å²) in [5.74, 6) is 1.54. The lowest BCUT2D eigenvalue weighted by Gasteiger charge is -2.11. The standard InChI is InChI=1S/C18H20BrNO3/c1-22-16-7-8-17(23-2)14(11-16)6-9-18(21)20-12-13-4-3-5-15(19)10-13/h3-5,7-8,10-11H,6,9,12H2,1-2H3,(H,20,21). The van der Waals surface area contributed by atoms with Crippen molar-refractivity contribution in [1.29, 1.82) is 0 Å². The second-order valence-corrected chi connectivity index (χ2v) is 6.00. The zero-order valence-corrected chi connectivity index (χ0v) is 14.9. The maximum absolute atomic E-state index is 12.0. The van der Waals surface area contributed by atoms with Crippen molar-refractivity contribution in [1.82, 2.24) is 5.32 Å². The monoisotopic (exact) mass is 377 g/mol. The van der Waals surface area contributed by atoms with E-state index < -0.39 is 0 Å². The minimum Gasteiger partial charge on any atom is -0.497 e. The molecule has 23 heavy (non-hydrogen) atoms. The third-order valence-corrected chi connectivity index (χ3v) is 3.98. The third-order valence-electron chi connectivity index (χ3n) is 3.49. The van der Waals surface area contributed by atoms with Crippen LogP contribution in [0.3, 0.4) is 0 Å². The average molecular weight is 378 g/mol. The van der Waals surface area contributed by atoms with Gasteiger partial charge in [0.2, 0.25) is 5.91 Å². The number of hydrogen-bond donors (Lipinski definition) is 1. The summed E-state index contributed by atoms with van der Waals surface area (Å²) in [6.07, 6.45) is 1.00. The smallest absolute Gasteiger partial charge is 0.220 e. The highest BCUT2D eigenvalue weighted by molar-refractivity contribution is 9.10. The first-order chi connectivity index (χ1) is 11.1. The van der Waals surface area contributed by atoms with Crippen molar-refractivity contribution >= 4 is 21.8 Å². The van der Waals surface area contributed by atoms with E-state index in [4.69, 9.17) is 9.47 Å². The van der Waals surface area contributed by atoms with Crippen molar-refractivity contribution in [3.05, 3.63) is 58.1 Å². The number of carbonyl (C=O) groups excluding carboxylic acids is 1. The number of methoxy groups -OCH3 is 2. The molecule has 2 rings (SSSR count). The number of halogens is 1. The van der Waals surface area contributed by atoms with Crippen molar-refractivity contribution < 1.29 is 14.3 Å². The number of aryl methyl sites for hydroxylation is 1. The molecule has 0 unspecified atom stereocenters. The van der Waals surface area contributed by atoms with Gasteiger partial charge in [0, 0.05) is 17.4 Å². The lowest BCUT2D eigenvalue weighted by molar-refractivity contribution is -0.121. The Morgan fingerprint density at radius 3 is 2.65 bits per heavy atom. The Balaban J connectivity index is 1.89. The first kappa shape index (κ1) is 17.3. The van der Waals surface area contributed by atoms with Crippen LogP contribution < -0.4 is 14.8 Å². The van der Waals surface area contributed by atoms with Crippen LogP contribution in [0.2, 0.25) is 0 Å². The molecular formula is C18H20BrNO3. The molecule has 122 valence electrons. The summed E-state index contributed by atoms with van der Waals surface area (Å²) in [6, 6.07) is 13.5. The van der Waals surface area contributed by atoms with Crippen LogP contribution in [0, 0.1) is 0 Å². The minimum absolute atomic E-state index is 0.00912. The molecule has 0 radical (unpaired) electrons. The zero-order chi connectivity index (χ0) is 16.7. The lowest BCUT2D eigenvalue weighted by atomic mass is 10.1. The van der Waals surface area contributed by atoms with Gasteiger partial charge in [-0.1, -0.05) is 28.1 Å². The fraction of sp³-hybridized carbons (Fsp3) is 0.278. The molecule has 0 bridgehead atoms. The molecule has 4 nitrogen and oxygen atoms in total.